The summed E-state index contributed by atoms with van der Waals surface area (Å²) in [5, 5.41) is 7.44. The third-order valence-electron chi connectivity index (χ3n) is 3.11. The van der Waals surface area contributed by atoms with E-state index in [-0.39, 0.29) is 5.91 Å². The molecular weight excluding hydrogens is 300 g/mol. The van der Waals surface area contributed by atoms with Crippen LogP contribution in [0.4, 0.5) is 5.69 Å². The molecule has 22 heavy (non-hydrogen) atoms. The van der Waals surface area contributed by atoms with E-state index < -0.39 is 0 Å². The van der Waals surface area contributed by atoms with Gasteiger partial charge in [-0.15, -0.1) is 0 Å². The Hall–Kier alpha value is -2.66. The molecule has 0 bridgehead atoms. The minimum atomic E-state index is -0.172. The SMILES string of the molecule is O=C(Nc1cccc(Cl)c1)c1ccc(Cn2cncn2)cc1. The highest BCUT2D eigenvalue weighted by atomic mass is 35.5. The van der Waals surface area contributed by atoms with E-state index in [1.165, 1.54) is 6.33 Å². The summed E-state index contributed by atoms with van der Waals surface area (Å²) in [6, 6.07) is 14.4. The molecule has 3 aromatic rings. The number of aromatic nitrogens is 3. The van der Waals surface area contributed by atoms with Crippen molar-refractivity contribution in [3.05, 3.63) is 77.3 Å². The smallest absolute Gasteiger partial charge is 0.255 e. The van der Waals surface area contributed by atoms with Crippen molar-refractivity contribution in [2.24, 2.45) is 0 Å². The Morgan fingerprint density at radius 1 is 1.18 bits per heavy atom. The number of anilines is 1. The highest BCUT2D eigenvalue weighted by Gasteiger charge is 2.06. The van der Waals surface area contributed by atoms with E-state index in [2.05, 4.69) is 15.4 Å². The van der Waals surface area contributed by atoms with Crippen LogP contribution in [0.25, 0.3) is 0 Å². The summed E-state index contributed by atoms with van der Waals surface area (Å²) >= 11 is 5.90. The number of hydrogen-bond acceptors (Lipinski definition) is 3. The van der Waals surface area contributed by atoms with Crippen molar-refractivity contribution in [2.75, 3.05) is 5.32 Å². The van der Waals surface area contributed by atoms with Gasteiger partial charge in [0.05, 0.1) is 6.54 Å². The van der Waals surface area contributed by atoms with Crippen LogP contribution in [0.2, 0.25) is 5.02 Å². The summed E-state index contributed by atoms with van der Waals surface area (Å²) in [6.07, 6.45) is 3.15. The standard InChI is InChI=1S/C16H13ClN4O/c17-14-2-1-3-15(8-14)20-16(22)13-6-4-12(5-7-13)9-21-11-18-10-19-21/h1-8,10-11H,9H2,(H,20,22). The summed E-state index contributed by atoms with van der Waals surface area (Å²) < 4.78 is 1.72. The molecule has 3 rings (SSSR count). The summed E-state index contributed by atoms with van der Waals surface area (Å²) in [5.74, 6) is -0.172. The minimum absolute atomic E-state index is 0.172. The highest BCUT2D eigenvalue weighted by molar-refractivity contribution is 6.30. The number of nitrogens with one attached hydrogen (secondary N) is 1. The van der Waals surface area contributed by atoms with E-state index in [1.807, 2.05) is 12.1 Å². The fourth-order valence-electron chi connectivity index (χ4n) is 2.03. The zero-order valence-electron chi connectivity index (χ0n) is 11.6. The number of rotatable bonds is 4. The molecule has 1 heterocycles. The van der Waals surface area contributed by atoms with Gasteiger partial charge in [-0.05, 0) is 35.9 Å². The van der Waals surface area contributed by atoms with Crippen molar-refractivity contribution in [2.45, 2.75) is 6.54 Å². The Balaban J connectivity index is 1.68. The lowest BCUT2D eigenvalue weighted by molar-refractivity contribution is 0.102. The van der Waals surface area contributed by atoms with Gasteiger partial charge in [-0.3, -0.25) is 4.79 Å². The molecule has 0 spiro atoms. The minimum Gasteiger partial charge on any atom is -0.322 e. The van der Waals surface area contributed by atoms with E-state index in [4.69, 9.17) is 11.6 Å². The first-order chi connectivity index (χ1) is 10.7. The Morgan fingerprint density at radius 2 is 2.00 bits per heavy atom. The lowest BCUT2D eigenvalue weighted by Crippen LogP contribution is -2.12. The van der Waals surface area contributed by atoms with Crippen molar-refractivity contribution in [1.29, 1.82) is 0 Å². The molecule has 0 aliphatic carbocycles. The Bertz CT molecular complexity index is 769. The normalized spacial score (nSPS) is 10.4. The van der Waals surface area contributed by atoms with Crippen LogP contribution in [0.15, 0.2) is 61.2 Å². The first-order valence-corrected chi connectivity index (χ1v) is 7.07. The number of carbonyl (C=O) groups is 1. The fourth-order valence-corrected chi connectivity index (χ4v) is 2.22. The third kappa shape index (κ3) is 3.51. The molecule has 1 N–H and O–H groups in total. The molecule has 0 saturated heterocycles. The lowest BCUT2D eigenvalue weighted by Gasteiger charge is -2.07. The zero-order valence-corrected chi connectivity index (χ0v) is 12.4. The van der Waals surface area contributed by atoms with E-state index in [9.17, 15) is 4.79 Å². The second-order valence-electron chi connectivity index (χ2n) is 4.75. The van der Waals surface area contributed by atoms with Crippen molar-refractivity contribution >= 4 is 23.2 Å². The van der Waals surface area contributed by atoms with E-state index >= 15 is 0 Å². The van der Waals surface area contributed by atoms with Gasteiger partial charge in [-0.25, -0.2) is 9.67 Å². The first kappa shape index (κ1) is 14.3. The predicted octanol–water partition coefficient (Wildman–Crippen LogP) is 3.23. The molecule has 0 unspecified atom stereocenters. The fraction of sp³-hybridized carbons (Fsp3) is 0.0625. The maximum atomic E-state index is 12.2. The number of hydrogen-bond donors (Lipinski definition) is 1. The summed E-state index contributed by atoms with van der Waals surface area (Å²) in [7, 11) is 0. The van der Waals surface area contributed by atoms with Crippen molar-refractivity contribution < 1.29 is 4.79 Å². The van der Waals surface area contributed by atoms with Crippen molar-refractivity contribution in [1.82, 2.24) is 14.8 Å². The van der Waals surface area contributed by atoms with Gasteiger partial charge < -0.3 is 5.32 Å². The second kappa shape index (κ2) is 6.41. The molecule has 1 amide bonds. The molecule has 2 aromatic carbocycles. The summed E-state index contributed by atoms with van der Waals surface area (Å²) in [5.41, 5.74) is 2.30. The number of carbonyl (C=O) groups excluding carboxylic acids is 1. The molecule has 110 valence electrons. The maximum Gasteiger partial charge on any atom is 0.255 e. The second-order valence-corrected chi connectivity index (χ2v) is 5.19. The van der Waals surface area contributed by atoms with Crippen LogP contribution in [0, 0.1) is 0 Å². The Kier molecular flexibility index (Phi) is 4.16. The van der Waals surface area contributed by atoms with Crippen LogP contribution < -0.4 is 5.32 Å². The molecule has 0 aliphatic rings. The van der Waals surface area contributed by atoms with Crippen LogP contribution in [0.5, 0.6) is 0 Å². The number of benzene rings is 2. The van der Waals surface area contributed by atoms with Gasteiger partial charge in [0.1, 0.15) is 12.7 Å². The van der Waals surface area contributed by atoms with Crippen LogP contribution in [0.3, 0.4) is 0 Å². The Labute approximate surface area is 132 Å². The molecule has 0 fully saturated rings. The van der Waals surface area contributed by atoms with Crippen LogP contribution in [-0.4, -0.2) is 20.7 Å². The van der Waals surface area contributed by atoms with E-state index in [0.717, 1.165) is 5.56 Å². The molecule has 1 aromatic heterocycles. The van der Waals surface area contributed by atoms with Gasteiger partial charge in [0.25, 0.3) is 5.91 Å². The van der Waals surface area contributed by atoms with Crippen LogP contribution in [0.1, 0.15) is 15.9 Å². The van der Waals surface area contributed by atoms with Crippen LogP contribution in [-0.2, 0) is 6.54 Å². The number of amides is 1. The Morgan fingerprint density at radius 3 is 2.68 bits per heavy atom. The number of halogens is 1. The van der Waals surface area contributed by atoms with Gasteiger partial charge in [-0.1, -0.05) is 29.8 Å². The average molecular weight is 313 g/mol. The predicted molar refractivity (Wildman–Crippen MR) is 85.0 cm³/mol. The molecule has 0 saturated carbocycles. The molecule has 0 atom stereocenters. The van der Waals surface area contributed by atoms with Crippen molar-refractivity contribution in [3.63, 3.8) is 0 Å². The van der Waals surface area contributed by atoms with Gasteiger partial charge in [0.15, 0.2) is 0 Å². The quantitative estimate of drug-likeness (QED) is 0.804. The largest absolute Gasteiger partial charge is 0.322 e. The maximum absolute atomic E-state index is 12.2. The van der Waals surface area contributed by atoms with E-state index in [1.54, 1.807) is 47.4 Å². The van der Waals surface area contributed by atoms with Gasteiger partial charge in [0, 0.05) is 16.3 Å². The van der Waals surface area contributed by atoms with E-state index in [0.29, 0.717) is 22.8 Å². The lowest BCUT2D eigenvalue weighted by atomic mass is 10.1. The van der Waals surface area contributed by atoms with Crippen molar-refractivity contribution in [3.8, 4) is 0 Å². The molecule has 5 nitrogen and oxygen atoms in total. The topological polar surface area (TPSA) is 59.8 Å². The number of nitrogens with zero attached hydrogens (tertiary/aromatic N) is 3. The average Bonchev–Trinajstić information content (AvgIpc) is 3.01. The zero-order chi connectivity index (χ0) is 15.4. The molecule has 0 radical (unpaired) electrons. The molecule has 0 aliphatic heterocycles. The summed E-state index contributed by atoms with van der Waals surface area (Å²) in [6.45, 7) is 0.621. The summed E-state index contributed by atoms with van der Waals surface area (Å²) in [4.78, 5) is 16.1. The van der Waals surface area contributed by atoms with Crippen LogP contribution >= 0.6 is 11.6 Å². The molecular formula is C16H13ClN4O. The van der Waals surface area contributed by atoms with Gasteiger partial charge in [-0.2, -0.15) is 5.10 Å². The molecule has 6 heteroatoms. The monoisotopic (exact) mass is 312 g/mol. The highest BCUT2D eigenvalue weighted by Crippen LogP contribution is 2.16. The van der Waals surface area contributed by atoms with Gasteiger partial charge in [0.2, 0.25) is 0 Å². The first-order valence-electron chi connectivity index (χ1n) is 6.69. The third-order valence-corrected chi connectivity index (χ3v) is 3.34. The van der Waals surface area contributed by atoms with Gasteiger partial charge >= 0.3 is 0 Å².